The van der Waals surface area contributed by atoms with Crippen LogP contribution in [0.3, 0.4) is 0 Å². The minimum absolute atomic E-state index is 0.232. The molecule has 0 aliphatic carbocycles. The monoisotopic (exact) mass is 443 g/mol. The molecule has 2 heterocycles. The van der Waals surface area contributed by atoms with Gasteiger partial charge in [-0.05, 0) is 66.0 Å². The number of thiocarbonyl (C=S) groups is 1. The molecule has 3 aromatic rings. The Bertz CT molecular complexity index is 1160. The fourth-order valence-corrected chi connectivity index (χ4v) is 5.43. The first-order valence-electron chi connectivity index (χ1n) is 8.81. The van der Waals surface area contributed by atoms with Gasteiger partial charge in [-0.2, -0.15) is 0 Å². The molecule has 6 nitrogen and oxygen atoms in total. The van der Waals surface area contributed by atoms with Gasteiger partial charge >= 0.3 is 0 Å². The number of sulfonamides is 1. The maximum atomic E-state index is 12.5. The summed E-state index contributed by atoms with van der Waals surface area (Å²) >= 11 is 6.55. The Kier molecular flexibility index (Phi) is 5.35. The summed E-state index contributed by atoms with van der Waals surface area (Å²) in [5, 5.41) is 4.80. The zero-order valence-electron chi connectivity index (χ0n) is 15.2. The molecule has 0 fully saturated rings. The molecule has 0 spiro atoms. The Labute approximate surface area is 178 Å². The summed E-state index contributed by atoms with van der Waals surface area (Å²) in [6.45, 7) is 0.724. The maximum Gasteiger partial charge on any atom is 0.271 e. The van der Waals surface area contributed by atoms with Crippen molar-refractivity contribution in [2.75, 3.05) is 16.2 Å². The number of thiophene rings is 1. The van der Waals surface area contributed by atoms with Gasteiger partial charge in [0.25, 0.3) is 15.9 Å². The third-order valence-corrected chi connectivity index (χ3v) is 7.61. The number of nitrogens with zero attached hydrogens (tertiary/aromatic N) is 1. The predicted molar refractivity (Wildman–Crippen MR) is 119 cm³/mol. The van der Waals surface area contributed by atoms with Crippen LogP contribution >= 0.6 is 23.6 Å². The smallest absolute Gasteiger partial charge is 0.271 e. The summed E-state index contributed by atoms with van der Waals surface area (Å²) in [6, 6.07) is 17.4. The zero-order valence-corrected chi connectivity index (χ0v) is 17.6. The highest BCUT2D eigenvalue weighted by Crippen LogP contribution is 2.27. The number of carbonyl (C=O) groups is 1. The van der Waals surface area contributed by atoms with Crippen LogP contribution in [0, 0.1) is 0 Å². The number of hydrogen-bond acceptors (Lipinski definition) is 5. The van der Waals surface area contributed by atoms with Crippen molar-refractivity contribution in [1.29, 1.82) is 0 Å². The van der Waals surface area contributed by atoms with E-state index in [0.29, 0.717) is 16.4 Å². The van der Waals surface area contributed by atoms with Gasteiger partial charge in [-0.1, -0.05) is 24.3 Å². The topological polar surface area (TPSA) is 78.5 Å². The molecule has 4 rings (SSSR count). The molecule has 2 N–H and O–H groups in total. The van der Waals surface area contributed by atoms with Crippen LogP contribution in [0.4, 0.5) is 11.4 Å². The lowest BCUT2D eigenvalue weighted by molar-refractivity contribution is 0.0977. The van der Waals surface area contributed by atoms with Gasteiger partial charge in [0.2, 0.25) is 0 Å². The molecule has 0 radical (unpaired) electrons. The molecule has 1 aliphatic heterocycles. The quantitative estimate of drug-likeness (QED) is 0.602. The Morgan fingerprint density at radius 3 is 2.52 bits per heavy atom. The van der Waals surface area contributed by atoms with Gasteiger partial charge in [0, 0.05) is 23.5 Å². The van der Waals surface area contributed by atoms with Crippen LogP contribution in [-0.4, -0.2) is 26.0 Å². The van der Waals surface area contributed by atoms with Crippen LogP contribution in [0.25, 0.3) is 0 Å². The Balaban J connectivity index is 1.42. The number of rotatable bonds is 4. The van der Waals surface area contributed by atoms with Gasteiger partial charge in [-0.3, -0.25) is 14.8 Å². The minimum atomic E-state index is -3.62. The lowest BCUT2D eigenvalue weighted by Crippen LogP contribution is -2.41. The van der Waals surface area contributed by atoms with Gasteiger partial charge in [-0.25, -0.2) is 8.42 Å². The van der Waals surface area contributed by atoms with Crippen LogP contribution < -0.4 is 14.9 Å². The van der Waals surface area contributed by atoms with Crippen molar-refractivity contribution < 1.29 is 13.2 Å². The van der Waals surface area contributed by atoms with E-state index < -0.39 is 10.0 Å². The Hall–Kier alpha value is -2.75. The molecule has 1 aliphatic rings. The number of benzene rings is 2. The van der Waals surface area contributed by atoms with E-state index in [1.165, 1.54) is 11.6 Å². The number of anilines is 2. The van der Waals surface area contributed by atoms with E-state index in [9.17, 15) is 13.2 Å². The fourth-order valence-electron chi connectivity index (χ4n) is 3.10. The lowest BCUT2D eigenvalue weighted by atomic mass is 10.2. The van der Waals surface area contributed by atoms with Crippen LogP contribution in [0.15, 0.2) is 70.3 Å². The Morgan fingerprint density at radius 2 is 1.79 bits per heavy atom. The molecule has 148 valence electrons. The molecule has 1 aromatic heterocycles. The summed E-state index contributed by atoms with van der Waals surface area (Å²) in [7, 11) is -3.62. The van der Waals surface area contributed by atoms with Crippen molar-refractivity contribution in [2.45, 2.75) is 10.6 Å². The number of para-hydroxylation sites is 1. The molecule has 9 heteroatoms. The summed E-state index contributed by atoms with van der Waals surface area (Å²) in [5.74, 6) is -0.341. The number of fused-ring (bicyclic) bond motifs is 1. The first kappa shape index (κ1) is 19.6. The van der Waals surface area contributed by atoms with Gasteiger partial charge in [0.05, 0.1) is 0 Å². The van der Waals surface area contributed by atoms with E-state index in [4.69, 9.17) is 12.2 Å². The molecule has 0 bridgehead atoms. The first-order chi connectivity index (χ1) is 13.9. The average molecular weight is 444 g/mol. The van der Waals surface area contributed by atoms with E-state index in [1.54, 1.807) is 35.7 Å². The van der Waals surface area contributed by atoms with Crippen molar-refractivity contribution in [2.24, 2.45) is 0 Å². The van der Waals surface area contributed by atoms with Crippen molar-refractivity contribution in [3.05, 3.63) is 77.2 Å². The van der Waals surface area contributed by atoms with Gasteiger partial charge in [0.15, 0.2) is 5.11 Å². The second-order valence-electron chi connectivity index (χ2n) is 6.40. The molecule has 0 unspecified atom stereocenters. The van der Waals surface area contributed by atoms with Gasteiger partial charge < -0.3 is 4.90 Å². The summed E-state index contributed by atoms with van der Waals surface area (Å²) < 4.78 is 27.3. The van der Waals surface area contributed by atoms with Gasteiger partial charge in [-0.15, -0.1) is 11.3 Å². The van der Waals surface area contributed by atoms with E-state index in [-0.39, 0.29) is 10.1 Å². The highest BCUT2D eigenvalue weighted by Gasteiger charge is 2.23. The van der Waals surface area contributed by atoms with Crippen molar-refractivity contribution in [3.63, 3.8) is 0 Å². The fraction of sp³-hybridized carbons (Fsp3) is 0.100. The number of nitrogens with one attached hydrogen (secondary N) is 2. The number of carbonyl (C=O) groups excluding carboxylic acids is 1. The second kappa shape index (κ2) is 7.94. The number of amides is 1. The van der Waals surface area contributed by atoms with E-state index in [0.717, 1.165) is 30.0 Å². The highest BCUT2D eigenvalue weighted by molar-refractivity contribution is 7.94. The number of hydrogen-bond donors (Lipinski definition) is 2. The molecule has 1 amide bonds. The lowest BCUT2D eigenvalue weighted by Gasteiger charge is -2.20. The molecular weight excluding hydrogens is 426 g/mol. The molecular formula is C20H17N3O3S3. The summed E-state index contributed by atoms with van der Waals surface area (Å²) in [6.07, 6.45) is 0.880. The second-order valence-corrected chi connectivity index (χ2v) is 9.65. The van der Waals surface area contributed by atoms with Crippen LogP contribution in [0.5, 0.6) is 0 Å². The van der Waals surface area contributed by atoms with Crippen LogP contribution in [-0.2, 0) is 16.4 Å². The SMILES string of the molecule is O=C(NC(=S)N1CCc2ccccc21)c1ccc(NS(=O)(=O)c2cccs2)cc1. The third-order valence-electron chi connectivity index (χ3n) is 4.51. The average Bonchev–Trinajstić information content (AvgIpc) is 3.38. The molecule has 29 heavy (non-hydrogen) atoms. The van der Waals surface area contributed by atoms with Crippen molar-refractivity contribution in [3.8, 4) is 0 Å². The third kappa shape index (κ3) is 4.16. The van der Waals surface area contributed by atoms with Crippen molar-refractivity contribution in [1.82, 2.24) is 5.32 Å². The minimum Gasteiger partial charge on any atom is -0.318 e. The molecule has 0 saturated carbocycles. The predicted octanol–water partition coefficient (Wildman–Crippen LogP) is 3.63. The highest BCUT2D eigenvalue weighted by atomic mass is 32.2. The Morgan fingerprint density at radius 1 is 1.03 bits per heavy atom. The van der Waals surface area contributed by atoms with Gasteiger partial charge in [0.1, 0.15) is 4.21 Å². The largest absolute Gasteiger partial charge is 0.318 e. The summed E-state index contributed by atoms with van der Waals surface area (Å²) in [4.78, 5) is 14.5. The van der Waals surface area contributed by atoms with Crippen molar-refractivity contribution >= 4 is 56.0 Å². The van der Waals surface area contributed by atoms with Crippen LogP contribution in [0.2, 0.25) is 0 Å². The molecule has 2 aromatic carbocycles. The first-order valence-corrected chi connectivity index (χ1v) is 11.6. The zero-order chi connectivity index (χ0) is 20.4. The van der Waals surface area contributed by atoms with E-state index >= 15 is 0 Å². The molecule has 0 atom stereocenters. The van der Waals surface area contributed by atoms with Crippen LogP contribution in [0.1, 0.15) is 15.9 Å². The van der Waals surface area contributed by atoms with E-state index in [2.05, 4.69) is 16.1 Å². The van der Waals surface area contributed by atoms with E-state index in [1.807, 2.05) is 23.1 Å². The molecule has 0 saturated heterocycles. The standard InChI is InChI=1S/C20H17N3O3S3/c24-19(21-20(27)23-12-11-14-4-1-2-5-17(14)23)15-7-9-16(10-8-15)22-29(25,26)18-6-3-13-28-18/h1-10,13,22H,11-12H2,(H,21,24,27). The summed E-state index contributed by atoms with van der Waals surface area (Å²) in [5.41, 5.74) is 2.98. The maximum absolute atomic E-state index is 12.5. The normalized spacial score (nSPS) is 13.0.